The molecule has 0 aliphatic heterocycles. The van der Waals surface area contributed by atoms with Crippen LogP contribution in [0.3, 0.4) is 0 Å². The highest BCUT2D eigenvalue weighted by atomic mass is 19.1. The number of nitrogen functional groups attached to an aromatic ring is 1. The van der Waals surface area contributed by atoms with Crippen molar-refractivity contribution in [2.24, 2.45) is 0 Å². The lowest BCUT2D eigenvalue weighted by atomic mass is 10.1. The summed E-state index contributed by atoms with van der Waals surface area (Å²) in [6.07, 6.45) is -0.695. The predicted octanol–water partition coefficient (Wildman–Crippen LogP) is 0.677. The summed E-state index contributed by atoms with van der Waals surface area (Å²) < 4.78 is 17.7. The summed E-state index contributed by atoms with van der Waals surface area (Å²) in [6.45, 7) is 1.62. The molecule has 90 valence electrons. The number of aliphatic hydroxyl groups excluding tert-OH is 1. The highest BCUT2D eigenvalue weighted by Gasteiger charge is 2.08. The fourth-order valence-electron chi connectivity index (χ4n) is 1.30. The van der Waals surface area contributed by atoms with Gasteiger partial charge in [0, 0.05) is 20.2 Å². The number of benzene rings is 1. The third kappa shape index (κ3) is 3.77. The number of aliphatic hydroxyl groups is 1. The van der Waals surface area contributed by atoms with Crippen LogP contribution in [-0.4, -0.2) is 31.9 Å². The number of methoxy groups -OCH3 is 1. The Bertz CT molecular complexity index is 334. The lowest BCUT2D eigenvalue weighted by Gasteiger charge is -2.12. The molecule has 0 spiro atoms. The van der Waals surface area contributed by atoms with Crippen LogP contribution >= 0.6 is 0 Å². The highest BCUT2D eigenvalue weighted by Crippen LogP contribution is 2.17. The molecule has 5 heteroatoms. The van der Waals surface area contributed by atoms with Crippen LogP contribution in [-0.2, 0) is 4.74 Å². The van der Waals surface area contributed by atoms with Crippen molar-refractivity contribution in [1.29, 1.82) is 0 Å². The van der Waals surface area contributed by atoms with Crippen molar-refractivity contribution in [2.45, 2.75) is 6.10 Å². The van der Waals surface area contributed by atoms with E-state index in [1.165, 1.54) is 18.2 Å². The van der Waals surface area contributed by atoms with Crippen LogP contribution < -0.4 is 11.1 Å². The van der Waals surface area contributed by atoms with Crippen LogP contribution in [0.5, 0.6) is 0 Å². The van der Waals surface area contributed by atoms with Crippen LogP contribution in [0.25, 0.3) is 0 Å². The van der Waals surface area contributed by atoms with Crippen LogP contribution in [0.15, 0.2) is 18.2 Å². The van der Waals surface area contributed by atoms with E-state index in [-0.39, 0.29) is 5.69 Å². The monoisotopic (exact) mass is 228 g/mol. The maximum absolute atomic E-state index is 12.9. The van der Waals surface area contributed by atoms with E-state index in [9.17, 15) is 9.50 Å². The van der Waals surface area contributed by atoms with Crippen LogP contribution in [0.1, 0.15) is 11.7 Å². The molecule has 0 aromatic heterocycles. The van der Waals surface area contributed by atoms with Gasteiger partial charge in [-0.05, 0) is 17.7 Å². The molecule has 0 saturated heterocycles. The van der Waals surface area contributed by atoms with Gasteiger partial charge in [0.2, 0.25) is 0 Å². The van der Waals surface area contributed by atoms with E-state index in [1.807, 2.05) is 0 Å². The molecule has 4 nitrogen and oxygen atoms in total. The van der Waals surface area contributed by atoms with Crippen molar-refractivity contribution < 1.29 is 14.2 Å². The molecule has 0 radical (unpaired) electrons. The topological polar surface area (TPSA) is 67.5 Å². The first kappa shape index (κ1) is 12.9. The Morgan fingerprint density at radius 2 is 2.31 bits per heavy atom. The molecule has 1 aromatic rings. The molecule has 0 fully saturated rings. The average Bonchev–Trinajstić information content (AvgIpc) is 2.28. The number of hydrogen-bond acceptors (Lipinski definition) is 4. The maximum Gasteiger partial charge on any atom is 0.146 e. The van der Waals surface area contributed by atoms with Crippen molar-refractivity contribution in [1.82, 2.24) is 5.32 Å². The summed E-state index contributed by atoms with van der Waals surface area (Å²) in [4.78, 5) is 0. The van der Waals surface area contributed by atoms with Gasteiger partial charge in [-0.3, -0.25) is 0 Å². The van der Waals surface area contributed by atoms with Gasteiger partial charge in [-0.1, -0.05) is 6.07 Å². The van der Waals surface area contributed by atoms with E-state index in [4.69, 9.17) is 10.5 Å². The van der Waals surface area contributed by atoms with Gasteiger partial charge in [-0.2, -0.15) is 0 Å². The smallest absolute Gasteiger partial charge is 0.146 e. The molecule has 0 aliphatic rings. The summed E-state index contributed by atoms with van der Waals surface area (Å²) >= 11 is 0. The Morgan fingerprint density at radius 1 is 1.56 bits per heavy atom. The quantitative estimate of drug-likeness (QED) is 0.494. The number of rotatable bonds is 6. The third-order valence-corrected chi connectivity index (χ3v) is 2.23. The Morgan fingerprint density at radius 3 is 2.94 bits per heavy atom. The first-order valence-electron chi connectivity index (χ1n) is 5.07. The minimum absolute atomic E-state index is 0.0495. The van der Waals surface area contributed by atoms with Crippen molar-refractivity contribution in [3.8, 4) is 0 Å². The average molecular weight is 228 g/mol. The van der Waals surface area contributed by atoms with Crippen LogP contribution in [0.2, 0.25) is 0 Å². The molecular weight excluding hydrogens is 211 g/mol. The van der Waals surface area contributed by atoms with Crippen LogP contribution in [0, 0.1) is 5.82 Å². The first-order valence-corrected chi connectivity index (χ1v) is 5.07. The molecule has 1 atom stereocenters. The second-order valence-corrected chi connectivity index (χ2v) is 3.49. The lowest BCUT2D eigenvalue weighted by molar-refractivity contribution is 0.161. The van der Waals surface area contributed by atoms with E-state index in [2.05, 4.69) is 5.32 Å². The van der Waals surface area contributed by atoms with Gasteiger partial charge in [-0.15, -0.1) is 0 Å². The van der Waals surface area contributed by atoms with E-state index >= 15 is 0 Å². The largest absolute Gasteiger partial charge is 0.396 e. The Kier molecular flexibility index (Phi) is 5.18. The van der Waals surface area contributed by atoms with Gasteiger partial charge in [-0.25, -0.2) is 4.39 Å². The number of nitrogens with two attached hydrogens (primary N) is 1. The van der Waals surface area contributed by atoms with Crippen LogP contribution in [0.4, 0.5) is 10.1 Å². The Balaban J connectivity index is 2.46. The summed E-state index contributed by atoms with van der Waals surface area (Å²) in [5.41, 5.74) is 6.06. The molecule has 16 heavy (non-hydrogen) atoms. The van der Waals surface area contributed by atoms with Crippen molar-refractivity contribution in [2.75, 3.05) is 32.5 Å². The van der Waals surface area contributed by atoms with Gasteiger partial charge in [0.25, 0.3) is 0 Å². The second-order valence-electron chi connectivity index (χ2n) is 3.49. The number of nitrogens with one attached hydrogen (secondary N) is 1. The predicted molar refractivity (Wildman–Crippen MR) is 60.5 cm³/mol. The Labute approximate surface area is 94.2 Å². The van der Waals surface area contributed by atoms with Crippen molar-refractivity contribution in [3.05, 3.63) is 29.6 Å². The highest BCUT2D eigenvalue weighted by molar-refractivity contribution is 5.43. The second kappa shape index (κ2) is 6.42. The van der Waals surface area contributed by atoms with Gasteiger partial charge in [0.05, 0.1) is 18.4 Å². The molecule has 1 aromatic carbocycles. The fourth-order valence-corrected chi connectivity index (χ4v) is 1.30. The van der Waals surface area contributed by atoms with Gasteiger partial charge >= 0.3 is 0 Å². The summed E-state index contributed by atoms with van der Waals surface area (Å²) in [7, 11) is 1.61. The zero-order valence-electron chi connectivity index (χ0n) is 9.24. The summed E-state index contributed by atoms with van der Waals surface area (Å²) in [6, 6.07) is 4.22. The van der Waals surface area contributed by atoms with E-state index in [0.717, 1.165) is 0 Å². The number of ether oxygens (including phenoxy) is 1. The molecule has 0 amide bonds. The van der Waals surface area contributed by atoms with Gasteiger partial charge in [0.15, 0.2) is 0 Å². The van der Waals surface area contributed by atoms with E-state index in [0.29, 0.717) is 25.3 Å². The van der Waals surface area contributed by atoms with Crippen molar-refractivity contribution >= 4 is 5.69 Å². The zero-order valence-corrected chi connectivity index (χ0v) is 9.24. The standard InChI is InChI=1S/C11H17FN2O2/c1-16-5-4-14-7-11(15)8-2-3-9(12)10(13)6-8/h2-3,6,11,14-15H,4-5,7,13H2,1H3. The molecule has 1 rings (SSSR count). The summed E-state index contributed by atoms with van der Waals surface area (Å²) in [5, 5.41) is 12.8. The molecule has 0 aliphatic carbocycles. The maximum atomic E-state index is 12.9. The molecule has 0 heterocycles. The lowest BCUT2D eigenvalue weighted by Crippen LogP contribution is -2.25. The number of anilines is 1. The fraction of sp³-hybridized carbons (Fsp3) is 0.455. The molecule has 1 unspecified atom stereocenters. The minimum atomic E-state index is -0.695. The minimum Gasteiger partial charge on any atom is -0.396 e. The molecule has 0 saturated carbocycles. The molecule has 4 N–H and O–H groups in total. The van der Waals surface area contributed by atoms with E-state index in [1.54, 1.807) is 7.11 Å². The third-order valence-electron chi connectivity index (χ3n) is 2.23. The zero-order chi connectivity index (χ0) is 12.0. The van der Waals surface area contributed by atoms with Gasteiger partial charge < -0.3 is 20.9 Å². The SMILES string of the molecule is COCCNCC(O)c1ccc(F)c(N)c1. The number of halogens is 1. The van der Waals surface area contributed by atoms with E-state index < -0.39 is 11.9 Å². The number of hydrogen-bond donors (Lipinski definition) is 3. The molecular formula is C11H17FN2O2. The summed E-state index contributed by atoms with van der Waals surface area (Å²) in [5.74, 6) is -0.469. The normalized spacial score (nSPS) is 12.7. The molecule has 0 bridgehead atoms. The van der Waals surface area contributed by atoms with Crippen molar-refractivity contribution in [3.63, 3.8) is 0 Å². The first-order chi connectivity index (χ1) is 7.65. The Hall–Kier alpha value is -1.17. The van der Waals surface area contributed by atoms with Gasteiger partial charge in [0.1, 0.15) is 5.82 Å².